The highest BCUT2D eigenvalue weighted by atomic mass is 35.5. The van der Waals surface area contributed by atoms with Crippen LogP contribution < -0.4 is 0 Å². The maximum atomic E-state index is 12.2. The number of hydrogen-bond acceptors (Lipinski definition) is 5. The number of halogens is 2. The van der Waals surface area contributed by atoms with Crippen molar-refractivity contribution >= 4 is 69.5 Å². The molecule has 1 fully saturated rings. The van der Waals surface area contributed by atoms with E-state index in [1.165, 1.54) is 6.08 Å². The van der Waals surface area contributed by atoms with Crippen LogP contribution >= 0.6 is 47.2 Å². The number of carbonyl (C=O) groups excluding carboxylic acids is 1. The maximum Gasteiger partial charge on any atom is 0.323 e. The smallest absolute Gasteiger partial charge is 0.323 e. The average molecular weight is 414 g/mol. The third kappa shape index (κ3) is 3.74. The first-order valence-corrected chi connectivity index (χ1v) is 8.86. The van der Waals surface area contributed by atoms with Crippen molar-refractivity contribution in [2.24, 2.45) is 0 Å². The second-order valence-electron chi connectivity index (χ2n) is 4.96. The molecule has 1 amide bonds. The summed E-state index contributed by atoms with van der Waals surface area (Å²) < 4.78 is 5.90. The number of hydrogen-bond donors (Lipinski definition) is 1. The van der Waals surface area contributed by atoms with Crippen LogP contribution in [-0.2, 0) is 9.59 Å². The highest BCUT2D eigenvalue weighted by molar-refractivity contribution is 8.26. The van der Waals surface area contributed by atoms with Gasteiger partial charge in [-0.25, -0.2) is 0 Å². The molecule has 0 bridgehead atoms. The van der Waals surface area contributed by atoms with Crippen molar-refractivity contribution in [3.8, 4) is 11.3 Å². The first kappa shape index (κ1) is 18.0. The van der Waals surface area contributed by atoms with Crippen LogP contribution in [0.1, 0.15) is 5.76 Å². The quantitative estimate of drug-likeness (QED) is 0.585. The molecule has 128 valence electrons. The molecule has 1 N–H and O–H groups in total. The number of carboxylic acids is 1. The van der Waals surface area contributed by atoms with Crippen LogP contribution in [-0.4, -0.2) is 32.7 Å². The fraction of sp³-hybridized carbons (Fsp3) is 0.0625. The summed E-state index contributed by atoms with van der Waals surface area (Å²) in [5.74, 6) is -0.675. The number of thioether (sulfide) groups is 1. The van der Waals surface area contributed by atoms with Crippen LogP contribution in [0, 0.1) is 0 Å². The highest BCUT2D eigenvalue weighted by Gasteiger charge is 2.33. The molecule has 2 heterocycles. The standard InChI is InChI=1S/C16H9Cl2NO4S2/c17-10-3-1-2-9(14(10)18)11-5-4-8(23-11)6-12-15(22)19(7-13(20)21)16(24)25-12/h1-6H,7H2,(H,20,21)/b12-6+. The predicted octanol–water partition coefficient (Wildman–Crippen LogP) is 4.54. The van der Waals surface area contributed by atoms with Crippen LogP contribution in [0.2, 0.25) is 10.0 Å². The summed E-state index contributed by atoms with van der Waals surface area (Å²) in [6.07, 6.45) is 1.52. The molecule has 1 aromatic heterocycles. The summed E-state index contributed by atoms with van der Waals surface area (Å²) >= 11 is 18.2. The van der Waals surface area contributed by atoms with E-state index in [-0.39, 0.29) is 4.32 Å². The van der Waals surface area contributed by atoms with Gasteiger partial charge in [0, 0.05) is 11.6 Å². The Hall–Kier alpha value is -1.80. The van der Waals surface area contributed by atoms with Gasteiger partial charge in [0.1, 0.15) is 22.4 Å². The van der Waals surface area contributed by atoms with Crippen molar-refractivity contribution in [3.05, 3.63) is 51.0 Å². The number of benzene rings is 1. The topological polar surface area (TPSA) is 70.8 Å². The molecule has 2 aromatic rings. The van der Waals surface area contributed by atoms with Gasteiger partial charge in [-0.3, -0.25) is 14.5 Å². The van der Waals surface area contributed by atoms with Crippen molar-refractivity contribution in [1.29, 1.82) is 0 Å². The predicted molar refractivity (Wildman–Crippen MR) is 102 cm³/mol. The molecule has 0 spiro atoms. The van der Waals surface area contributed by atoms with Gasteiger partial charge in [0.2, 0.25) is 0 Å². The van der Waals surface area contributed by atoms with E-state index in [9.17, 15) is 9.59 Å². The number of rotatable bonds is 4. The normalized spacial score (nSPS) is 16.1. The van der Waals surface area contributed by atoms with E-state index < -0.39 is 18.4 Å². The van der Waals surface area contributed by atoms with Crippen LogP contribution in [0.3, 0.4) is 0 Å². The van der Waals surface area contributed by atoms with Crippen LogP contribution in [0.5, 0.6) is 0 Å². The second kappa shape index (κ2) is 7.21. The summed E-state index contributed by atoms with van der Waals surface area (Å²) in [6.45, 7) is -0.469. The van der Waals surface area contributed by atoms with Crippen LogP contribution in [0.25, 0.3) is 17.4 Å². The van der Waals surface area contributed by atoms with E-state index >= 15 is 0 Å². The molecule has 1 saturated heterocycles. The zero-order valence-corrected chi connectivity index (χ0v) is 15.5. The largest absolute Gasteiger partial charge is 0.480 e. The van der Waals surface area contributed by atoms with Gasteiger partial charge in [-0.1, -0.05) is 53.2 Å². The lowest BCUT2D eigenvalue weighted by Gasteiger charge is -2.09. The zero-order valence-electron chi connectivity index (χ0n) is 12.4. The van der Waals surface area contributed by atoms with Gasteiger partial charge in [-0.15, -0.1) is 0 Å². The molecule has 3 rings (SSSR count). The van der Waals surface area contributed by atoms with Crippen molar-refractivity contribution < 1.29 is 19.1 Å². The molecule has 1 aromatic carbocycles. The minimum Gasteiger partial charge on any atom is -0.480 e. The first-order valence-electron chi connectivity index (χ1n) is 6.88. The van der Waals surface area contributed by atoms with E-state index in [0.29, 0.717) is 32.0 Å². The fourth-order valence-corrected chi connectivity index (χ4v) is 3.80. The number of aliphatic carboxylic acids is 1. The Kier molecular flexibility index (Phi) is 5.19. The van der Waals surface area contributed by atoms with E-state index in [2.05, 4.69) is 0 Å². The Bertz CT molecular complexity index is 923. The molecule has 0 saturated carbocycles. The summed E-state index contributed by atoms with van der Waals surface area (Å²) in [5, 5.41) is 9.62. The molecule has 0 atom stereocenters. The van der Waals surface area contributed by atoms with Gasteiger partial charge in [0.25, 0.3) is 5.91 Å². The Morgan fingerprint density at radius 2 is 2.08 bits per heavy atom. The van der Waals surface area contributed by atoms with Gasteiger partial charge in [0.05, 0.1) is 15.0 Å². The SMILES string of the molecule is O=C(O)CN1C(=O)/C(=C\c2ccc(-c3cccc(Cl)c3Cl)o2)SC1=S. The Morgan fingerprint density at radius 1 is 1.32 bits per heavy atom. The first-order chi connectivity index (χ1) is 11.9. The molecule has 0 aliphatic carbocycles. The molecular weight excluding hydrogens is 405 g/mol. The summed E-state index contributed by atoms with van der Waals surface area (Å²) in [4.78, 5) is 24.4. The lowest BCUT2D eigenvalue weighted by Crippen LogP contribution is -2.33. The molecular formula is C16H9Cl2NO4S2. The minimum absolute atomic E-state index is 0.198. The van der Waals surface area contributed by atoms with E-state index in [1.54, 1.807) is 30.3 Å². The molecule has 1 aliphatic rings. The fourth-order valence-electron chi connectivity index (χ4n) is 2.17. The number of carboxylic acid groups (broad SMARTS) is 1. The summed E-state index contributed by atoms with van der Waals surface area (Å²) in [5.41, 5.74) is 0.632. The van der Waals surface area contributed by atoms with Gasteiger partial charge in [-0.05, 0) is 24.3 Å². The van der Waals surface area contributed by atoms with Gasteiger partial charge in [0.15, 0.2) is 0 Å². The Morgan fingerprint density at radius 3 is 2.80 bits per heavy atom. The number of furan rings is 1. The molecule has 25 heavy (non-hydrogen) atoms. The third-order valence-electron chi connectivity index (χ3n) is 3.28. The van der Waals surface area contributed by atoms with Crippen molar-refractivity contribution in [1.82, 2.24) is 4.90 Å². The van der Waals surface area contributed by atoms with Gasteiger partial charge < -0.3 is 9.52 Å². The monoisotopic (exact) mass is 413 g/mol. The van der Waals surface area contributed by atoms with Crippen LogP contribution in [0.4, 0.5) is 0 Å². The lowest BCUT2D eigenvalue weighted by molar-refractivity contribution is -0.140. The van der Waals surface area contributed by atoms with E-state index in [1.807, 2.05) is 0 Å². The van der Waals surface area contributed by atoms with Crippen LogP contribution in [0.15, 0.2) is 39.7 Å². The lowest BCUT2D eigenvalue weighted by atomic mass is 10.2. The van der Waals surface area contributed by atoms with Crippen molar-refractivity contribution in [2.75, 3.05) is 6.54 Å². The Labute approximate surface area is 162 Å². The summed E-state index contributed by atoms with van der Waals surface area (Å²) in [6, 6.07) is 8.58. The van der Waals surface area contributed by atoms with E-state index in [4.69, 9.17) is 44.9 Å². The highest BCUT2D eigenvalue weighted by Crippen LogP contribution is 2.36. The Balaban J connectivity index is 1.87. The van der Waals surface area contributed by atoms with Crippen molar-refractivity contribution in [3.63, 3.8) is 0 Å². The van der Waals surface area contributed by atoms with Gasteiger partial charge >= 0.3 is 5.97 Å². The van der Waals surface area contributed by atoms with E-state index in [0.717, 1.165) is 16.7 Å². The van der Waals surface area contributed by atoms with Crippen molar-refractivity contribution in [2.45, 2.75) is 0 Å². The molecule has 0 unspecified atom stereocenters. The molecule has 0 radical (unpaired) electrons. The molecule has 1 aliphatic heterocycles. The molecule has 5 nitrogen and oxygen atoms in total. The second-order valence-corrected chi connectivity index (χ2v) is 7.43. The number of amides is 1. The number of carbonyl (C=O) groups is 2. The van der Waals surface area contributed by atoms with Gasteiger partial charge in [-0.2, -0.15) is 0 Å². The maximum absolute atomic E-state index is 12.2. The average Bonchev–Trinajstić information content (AvgIpc) is 3.11. The number of nitrogens with zero attached hydrogens (tertiary/aromatic N) is 1. The third-order valence-corrected chi connectivity index (χ3v) is 5.48. The number of thiocarbonyl (C=S) groups is 1. The zero-order chi connectivity index (χ0) is 18.1. The minimum atomic E-state index is -1.13. The molecule has 9 heteroatoms. The summed E-state index contributed by atoms with van der Waals surface area (Å²) in [7, 11) is 0.